The number of benzene rings is 1. The predicted molar refractivity (Wildman–Crippen MR) is 124 cm³/mol. The van der Waals surface area contributed by atoms with Crippen LogP contribution in [0.1, 0.15) is 42.2 Å². The number of anilines is 1. The molecule has 0 bridgehead atoms. The third-order valence-electron chi connectivity index (χ3n) is 4.37. The Morgan fingerprint density at radius 3 is 2.41 bits per heavy atom. The Labute approximate surface area is 196 Å². The fourth-order valence-corrected chi connectivity index (χ4v) is 5.44. The summed E-state index contributed by atoms with van der Waals surface area (Å²) in [6, 6.07) is 7.25. The number of carbonyl (C=O) groups is 4. The highest BCUT2D eigenvalue weighted by Gasteiger charge is 2.27. The van der Waals surface area contributed by atoms with Crippen molar-refractivity contribution in [2.45, 2.75) is 13.8 Å². The van der Waals surface area contributed by atoms with Crippen LogP contribution in [0.2, 0.25) is 5.02 Å². The van der Waals surface area contributed by atoms with E-state index in [4.69, 9.17) is 21.1 Å². The third kappa shape index (κ3) is 4.77. The van der Waals surface area contributed by atoms with Crippen LogP contribution in [0.15, 0.2) is 24.3 Å². The molecule has 8 nitrogen and oxygen atoms in total. The first-order valence-electron chi connectivity index (χ1n) is 9.45. The summed E-state index contributed by atoms with van der Waals surface area (Å²) in [5.74, 6) is -2.47. The van der Waals surface area contributed by atoms with Crippen LogP contribution in [0.4, 0.5) is 5.00 Å². The highest BCUT2D eigenvalue weighted by atomic mass is 35.5. The van der Waals surface area contributed by atoms with E-state index in [1.54, 1.807) is 26.0 Å². The summed E-state index contributed by atoms with van der Waals surface area (Å²) in [6.07, 6.45) is 0. The maximum atomic E-state index is 12.4. The summed E-state index contributed by atoms with van der Waals surface area (Å²) >= 11 is 8.37. The van der Waals surface area contributed by atoms with Crippen molar-refractivity contribution in [2.24, 2.45) is 0 Å². The van der Waals surface area contributed by atoms with E-state index in [0.29, 0.717) is 5.56 Å². The van der Waals surface area contributed by atoms with Crippen molar-refractivity contribution in [1.29, 1.82) is 0 Å². The van der Waals surface area contributed by atoms with Crippen molar-refractivity contribution < 1.29 is 28.7 Å². The van der Waals surface area contributed by atoms with E-state index in [1.165, 1.54) is 18.4 Å². The molecule has 168 valence electrons. The van der Waals surface area contributed by atoms with Crippen LogP contribution in [0.25, 0.3) is 10.1 Å². The molecule has 0 saturated carbocycles. The lowest BCUT2D eigenvalue weighted by molar-refractivity contribution is -0.119. The van der Waals surface area contributed by atoms with Gasteiger partial charge in [-0.3, -0.25) is 9.59 Å². The zero-order valence-electron chi connectivity index (χ0n) is 17.4. The molecule has 0 radical (unpaired) electrons. The van der Waals surface area contributed by atoms with Crippen molar-refractivity contribution >= 4 is 73.1 Å². The first-order chi connectivity index (χ1) is 15.3. The van der Waals surface area contributed by atoms with E-state index in [2.05, 4.69) is 10.6 Å². The van der Waals surface area contributed by atoms with E-state index < -0.39 is 30.4 Å². The summed E-state index contributed by atoms with van der Waals surface area (Å²) in [4.78, 5) is 49.8. The molecule has 11 heteroatoms. The summed E-state index contributed by atoms with van der Waals surface area (Å²) < 4.78 is 11.0. The van der Waals surface area contributed by atoms with Gasteiger partial charge in [0.25, 0.3) is 11.8 Å². The van der Waals surface area contributed by atoms with Crippen LogP contribution < -0.4 is 10.6 Å². The van der Waals surface area contributed by atoms with Crippen molar-refractivity contribution in [2.75, 3.05) is 25.6 Å². The largest absolute Gasteiger partial charge is 0.462 e. The van der Waals surface area contributed by atoms with Gasteiger partial charge in [0.05, 0.1) is 22.1 Å². The minimum absolute atomic E-state index is 0.0858. The molecule has 0 spiro atoms. The number of ether oxygens (including phenoxy) is 2. The highest BCUT2D eigenvalue weighted by molar-refractivity contribution is 7.21. The van der Waals surface area contributed by atoms with Gasteiger partial charge in [0, 0.05) is 17.1 Å². The molecule has 0 unspecified atom stereocenters. The highest BCUT2D eigenvalue weighted by Crippen LogP contribution is 2.36. The number of hydrogen-bond acceptors (Lipinski definition) is 8. The van der Waals surface area contributed by atoms with E-state index in [1.807, 2.05) is 12.1 Å². The van der Waals surface area contributed by atoms with E-state index in [0.717, 1.165) is 21.4 Å². The maximum Gasteiger partial charge on any atom is 0.350 e. The zero-order chi connectivity index (χ0) is 23.4. The first-order valence-corrected chi connectivity index (χ1v) is 11.5. The number of esters is 2. The second kappa shape index (κ2) is 10.1. The van der Waals surface area contributed by atoms with E-state index >= 15 is 0 Å². The fraction of sp³-hybridized carbons (Fsp3) is 0.238. The van der Waals surface area contributed by atoms with Crippen molar-refractivity contribution in [1.82, 2.24) is 5.32 Å². The van der Waals surface area contributed by atoms with Gasteiger partial charge in [-0.2, -0.15) is 0 Å². The molecule has 0 aliphatic carbocycles. The molecular formula is C21H19ClN2O6S2. The molecule has 32 heavy (non-hydrogen) atoms. The number of amides is 2. The predicted octanol–water partition coefficient (Wildman–Crippen LogP) is 4.26. The molecule has 0 aliphatic heterocycles. The topological polar surface area (TPSA) is 111 Å². The van der Waals surface area contributed by atoms with Gasteiger partial charge in [-0.05, 0) is 25.5 Å². The summed E-state index contributed by atoms with van der Waals surface area (Å²) in [7, 11) is 1.46. The molecule has 2 aromatic heterocycles. The Bertz CT molecular complexity index is 1220. The molecule has 0 saturated heterocycles. The zero-order valence-corrected chi connectivity index (χ0v) is 19.8. The first kappa shape index (κ1) is 23.7. The average molecular weight is 495 g/mol. The SMILES string of the molecule is CCOC(=O)c1c(NC(=O)COC(=O)c2sc3ccccc3c2Cl)sc(C(=O)NC)c1C. The second-order valence-corrected chi connectivity index (χ2v) is 8.88. The van der Waals surface area contributed by atoms with Crippen LogP contribution in [0, 0.1) is 6.92 Å². The Hall–Kier alpha value is -2.95. The van der Waals surface area contributed by atoms with E-state index in [-0.39, 0.29) is 31.9 Å². The molecule has 0 aliphatic rings. The summed E-state index contributed by atoms with van der Waals surface area (Å²) in [5.41, 5.74) is 0.472. The quantitative estimate of drug-likeness (QED) is 0.475. The Morgan fingerprint density at radius 2 is 1.75 bits per heavy atom. The number of halogens is 1. The Morgan fingerprint density at radius 1 is 1.03 bits per heavy atom. The minimum atomic E-state index is -0.731. The van der Waals surface area contributed by atoms with Gasteiger partial charge in [-0.15, -0.1) is 22.7 Å². The van der Waals surface area contributed by atoms with Crippen LogP contribution in [-0.4, -0.2) is 44.0 Å². The molecule has 2 amide bonds. The lowest BCUT2D eigenvalue weighted by atomic mass is 10.1. The molecule has 3 aromatic rings. The lowest BCUT2D eigenvalue weighted by Crippen LogP contribution is -2.21. The second-order valence-electron chi connectivity index (χ2n) is 6.43. The number of thiophene rings is 2. The molecule has 0 fully saturated rings. The standard InChI is InChI=1S/C21H19ClN2O6S2/c1-4-29-20(27)14-10(2)16(18(26)23-3)32-19(14)24-13(25)9-30-21(28)17-15(22)11-7-5-6-8-12(11)31-17/h5-8H,4,9H2,1-3H3,(H,23,26)(H,24,25). The molecular weight excluding hydrogens is 476 g/mol. The maximum absolute atomic E-state index is 12.4. The molecule has 3 rings (SSSR count). The Balaban J connectivity index is 1.75. The van der Waals surface area contributed by atoms with Gasteiger partial charge in [-0.1, -0.05) is 29.8 Å². The summed E-state index contributed by atoms with van der Waals surface area (Å²) in [5, 5.41) is 6.15. The van der Waals surface area contributed by atoms with E-state index in [9.17, 15) is 19.2 Å². The van der Waals surface area contributed by atoms with Crippen LogP contribution in [0.5, 0.6) is 0 Å². The average Bonchev–Trinajstić information content (AvgIpc) is 3.28. The molecule has 2 N–H and O–H groups in total. The molecule has 2 heterocycles. The molecule has 1 aromatic carbocycles. The van der Waals surface area contributed by atoms with Crippen molar-refractivity contribution in [3.05, 3.63) is 50.2 Å². The van der Waals surface area contributed by atoms with Crippen molar-refractivity contribution in [3.8, 4) is 0 Å². The smallest absolute Gasteiger partial charge is 0.350 e. The summed E-state index contributed by atoms with van der Waals surface area (Å²) in [6.45, 7) is 2.77. The lowest BCUT2D eigenvalue weighted by Gasteiger charge is -2.07. The van der Waals surface area contributed by atoms with Gasteiger partial charge in [0.2, 0.25) is 0 Å². The number of rotatable bonds is 7. The van der Waals surface area contributed by atoms with Gasteiger partial charge in [0.15, 0.2) is 6.61 Å². The third-order valence-corrected chi connectivity index (χ3v) is 7.23. The van der Waals surface area contributed by atoms with Crippen LogP contribution >= 0.6 is 34.3 Å². The fourth-order valence-electron chi connectivity index (χ4n) is 2.89. The minimum Gasteiger partial charge on any atom is -0.462 e. The number of fused-ring (bicyclic) bond motifs is 1. The van der Waals surface area contributed by atoms with Gasteiger partial charge in [-0.25, -0.2) is 9.59 Å². The normalized spacial score (nSPS) is 10.6. The number of carbonyl (C=O) groups excluding carboxylic acids is 4. The molecule has 0 atom stereocenters. The monoisotopic (exact) mass is 494 g/mol. The van der Waals surface area contributed by atoms with Gasteiger partial charge in [0.1, 0.15) is 9.88 Å². The van der Waals surface area contributed by atoms with Crippen molar-refractivity contribution in [3.63, 3.8) is 0 Å². The van der Waals surface area contributed by atoms with Gasteiger partial charge >= 0.3 is 11.9 Å². The number of nitrogens with one attached hydrogen (secondary N) is 2. The van der Waals surface area contributed by atoms with Gasteiger partial charge < -0.3 is 20.1 Å². The Kier molecular flexibility index (Phi) is 7.49. The number of hydrogen-bond donors (Lipinski definition) is 2. The van der Waals surface area contributed by atoms with Crippen LogP contribution in [-0.2, 0) is 14.3 Å². The van der Waals surface area contributed by atoms with Crippen LogP contribution in [0.3, 0.4) is 0 Å².